The van der Waals surface area contributed by atoms with Gasteiger partial charge < -0.3 is 9.47 Å². The summed E-state index contributed by atoms with van der Waals surface area (Å²) >= 11 is 0. The number of rotatable bonds is 0. The minimum atomic E-state index is -0.664. The van der Waals surface area contributed by atoms with Gasteiger partial charge in [0.2, 0.25) is 5.90 Å². The molecule has 0 saturated carbocycles. The van der Waals surface area contributed by atoms with E-state index in [1.807, 2.05) is 0 Å². The summed E-state index contributed by atoms with van der Waals surface area (Å²) in [6.45, 7) is 1.70. The van der Waals surface area contributed by atoms with Crippen LogP contribution >= 0.6 is 0 Å². The molecule has 0 bridgehead atoms. The lowest BCUT2D eigenvalue weighted by Gasteiger charge is -1.93. The number of ether oxygens (including phenoxy) is 2. The van der Waals surface area contributed by atoms with Crippen LogP contribution in [0.4, 0.5) is 4.79 Å². The molecule has 1 aliphatic rings. The Morgan fingerprint density at radius 3 is 2.56 bits per heavy atom. The molecule has 1 heterocycles. The minimum Gasteiger partial charge on any atom is -0.421 e. The number of aliphatic imine (C=N–C) groups is 1. The standard InChI is InChI=1S/C5H7NO3/c1-3-4(6-2)9-5(7)8-3/h3H,1-2H3. The van der Waals surface area contributed by atoms with Gasteiger partial charge in [-0.2, -0.15) is 0 Å². The van der Waals surface area contributed by atoms with Crippen LogP contribution in [0, 0.1) is 0 Å². The number of hydrogen-bond donors (Lipinski definition) is 0. The van der Waals surface area contributed by atoms with E-state index in [0.29, 0.717) is 5.90 Å². The summed E-state index contributed by atoms with van der Waals surface area (Å²) in [5.41, 5.74) is 0. The first kappa shape index (κ1) is 6.07. The highest BCUT2D eigenvalue weighted by Crippen LogP contribution is 2.07. The molecule has 1 aliphatic heterocycles. The van der Waals surface area contributed by atoms with Crippen molar-refractivity contribution in [2.75, 3.05) is 7.05 Å². The molecule has 0 spiro atoms. The van der Waals surface area contributed by atoms with Crippen molar-refractivity contribution in [2.24, 2.45) is 4.99 Å². The second kappa shape index (κ2) is 2.05. The molecular formula is C5H7NO3. The molecule has 1 rings (SSSR count). The van der Waals surface area contributed by atoms with E-state index >= 15 is 0 Å². The van der Waals surface area contributed by atoms with Crippen molar-refractivity contribution < 1.29 is 14.3 Å². The maximum atomic E-state index is 10.3. The van der Waals surface area contributed by atoms with Crippen molar-refractivity contribution in [1.82, 2.24) is 0 Å². The summed E-state index contributed by atoms with van der Waals surface area (Å²) in [5.74, 6) is 0.347. The van der Waals surface area contributed by atoms with Crippen molar-refractivity contribution >= 4 is 12.1 Å². The summed E-state index contributed by atoms with van der Waals surface area (Å²) in [7, 11) is 1.55. The zero-order valence-corrected chi connectivity index (χ0v) is 5.25. The summed E-state index contributed by atoms with van der Waals surface area (Å²) in [5, 5.41) is 0. The molecule has 0 N–H and O–H groups in total. The molecule has 1 saturated heterocycles. The molecule has 9 heavy (non-hydrogen) atoms. The third-order valence-electron chi connectivity index (χ3n) is 1.03. The maximum Gasteiger partial charge on any atom is 0.515 e. The van der Waals surface area contributed by atoms with Crippen LogP contribution < -0.4 is 0 Å². The normalized spacial score (nSPS) is 30.2. The van der Waals surface area contributed by atoms with Gasteiger partial charge in [-0.05, 0) is 6.92 Å². The molecule has 1 fully saturated rings. The van der Waals surface area contributed by atoms with Gasteiger partial charge in [-0.1, -0.05) is 0 Å². The van der Waals surface area contributed by atoms with E-state index in [2.05, 4.69) is 14.5 Å². The highest BCUT2D eigenvalue weighted by atomic mass is 16.8. The molecule has 0 aliphatic carbocycles. The van der Waals surface area contributed by atoms with Gasteiger partial charge in [0.15, 0.2) is 6.10 Å². The molecule has 0 aromatic carbocycles. The Balaban J connectivity index is 2.69. The third kappa shape index (κ3) is 1.01. The average molecular weight is 129 g/mol. The SMILES string of the molecule is CN=C1OC(=O)OC1C. The lowest BCUT2D eigenvalue weighted by atomic mass is 10.4. The van der Waals surface area contributed by atoms with E-state index in [1.54, 1.807) is 14.0 Å². The van der Waals surface area contributed by atoms with E-state index in [0.717, 1.165) is 0 Å². The van der Waals surface area contributed by atoms with E-state index in [1.165, 1.54) is 0 Å². The second-order valence-electron chi connectivity index (χ2n) is 1.67. The Kier molecular flexibility index (Phi) is 1.38. The van der Waals surface area contributed by atoms with Gasteiger partial charge >= 0.3 is 6.16 Å². The monoisotopic (exact) mass is 129 g/mol. The predicted molar refractivity (Wildman–Crippen MR) is 30.4 cm³/mol. The highest BCUT2D eigenvalue weighted by molar-refractivity contribution is 5.94. The molecule has 4 nitrogen and oxygen atoms in total. The number of carbonyl (C=O) groups excluding carboxylic acids is 1. The summed E-state index contributed by atoms with van der Waals surface area (Å²) in [4.78, 5) is 14.0. The second-order valence-corrected chi connectivity index (χ2v) is 1.67. The first-order valence-electron chi connectivity index (χ1n) is 2.59. The van der Waals surface area contributed by atoms with E-state index in [9.17, 15) is 4.79 Å². The zero-order valence-electron chi connectivity index (χ0n) is 5.25. The predicted octanol–water partition coefficient (Wildman–Crippen LogP) is 0.570. The number of carbonyl (C=O) groups is 1. The van der Waals surface area contributed by atoms with Crippen molar-refractivity contribution in [2.45, 2.75) is 13.0 Å². The first-order valence-corrected chi connectivity index (χ1v) is 2.59. The quantitative estimate of drug-likeness (QED) is 0.449. The van der Waals surface area contributed by atoms with Gasteiger partial charge in [-0.15, -0.1) is 0 Å². The Hall–Kier alpha value is -1.06. The smallest absolute Gasteiger partial charge is 0.421 e. The Labute approximate surface area is 52.5 Å². The third-order valence-corrected chi connectivity index (χ3v) is 1.03. The van der Waals surface area contributed by atoms with E-state index < -0.39 is 6.16 Å². The van der Waals surface area contributed by atoms with E-state index in [-0.39, 0.29) is 6.10 Å². The molecule has 0 aromatic rings. The Morgan fingerprint density at radius 2 is 2.33 bits per heavy atom. The highest BCUT2D eigenvalue weighted by Gasteiger charge is 2.28. The molecule has 1 unspecified atom stereocenters. The van der Waals surface area contributed by atoms with Gasteiger partial charge in [0.05, 0.1) is 0 Å². The van der Waals surface area contributed by atoms with Crippen LogP contribution in [0.5, 0.6) is 0 Å². The Bertz CT molecular complexity index is 164. The fraction of sp³-hybridized carbons (Fsp3) is 0.600. The zero-order chi connectivity index (χ0) is 6.85. The largest absolute Gasteiger partial charge is 0.515 e. The molecule has 4 heteroatoms. The lowest BCUT2D eigenvalue weighted by molar-refractivity contribution is 0.123. The molecular weight excluding hydrogens is 122 g/mol. The van der Waals surface area contributed by atoms with Crippen molar-refractivity contribution in [3.63, 3.8) is 0 Å². The molecule has 0 amide bonds. The fourth-order valence-electron chi connectivity index (χ4n) is 0.615. The number of hydrogen-bond acceptors (Lipinski definition) is 4. The summed E-state index contributed by atoms with van der Waals surface area (Å²) < 4.78 is 9.08. The van der Waals surface area contributed by atoms with Crippen molar-refractivity contribution in [3.05, 3.63) is 0 Å². The van der Waals surface area contributed by atoms with Gasteiger partial charge in [0.1, 0.15) is 0 Å². The summed E-state index contributed by atoms with van der Waals surface area (Å²) in [6, 6.07) is 0. The summed E-state index contributed by atoms with van der Waals surface area (Å²) in [6.07, 6.45) is -0.981. The lowest BCUT2D eigenvalue weighted by Crippen LogP contribution is -2.10. The van der Waals surface area contributed by atoms with Crippen molar-refractivity contribution in [1.29, 1.82) is 0 Å². The van der Waals surface area contributed by atoms with Gasteiger partial charge in [0.25, 0.3) is 0 Å². The fourth-order valence-corrected chi connectivity index (χ4v) is 0.615. The van der Waals surface area contributed by atoms with Crippen LogP contribution in [0.3, 0.4) is 0 Å². The van der Waals surface area contributed by atoms with Crippen molar-refractivity contribution in [3.8, 4) is 0 Å². The van der Waals surface area contributed by atoms with Gasteiger partial charge in [-0.3, -0.25) is 4.99 Å². The van der Waals surface area contributed by atoms with Gasteiger partial charge in [0, 0.05) is 7.05 Å². The molecule has 1 atom stereocenters. The number of cyclic esters (lactones) is 2. The molecule has 0 aromatic heterocycles. The van der Waals surface area contributed by atoms with Crippen LogP contribution in [-0.2, 0) is 9.47 Å². The van der Waals surface area contributed by atoms with Gasteiger partial charge in [-0.25, -0.2) is 4.79 Å². The van der Waals surface area contributed by atoms with Crippen LogP contribution in [0.1, 0.15) is 6.92 Å². The van der Waals surface area contributed by atoms with Crippen LogP contribution in [0.2, 0.25) is 0 Å². The Morgan fingerprint density at radius 1 is 1.67 bits per heavy atom. The van der Waals surface area contributed by atoms with Crippen LogP contribution in [-0.4, -0.2) is 25.2 Å². The minimum absolute atomic E-state index is 0.317. The number of nitrogens with zero attached hydrogens (tertiary/aromatic N) is 1. The molecule has 50 valence electrons. The average Bonchev–Trinajstić information content (AvgIpc) is 2.10. The van der Waals surface area contributed by atoms with E-state index in [4.69, 9.17) is 0 Å². The topological polar surface area (TPSA) is 47.9 Å². The first-order chi connectivity index (χ1) is 4.24. The van der Waals surface area contributed by atoms with Crippen LogP contribution in [0.15, 0.2) is 4.99 Å². The maximum absolute atomic E-state index is 10.3. The van der Waals surface area contributed by atoms with Crippen LogP contribution in [0.25, 0.3) is 0 Å². The molecule has 0 radical (unpaired) electrons.